The van der Waals surface area contributed by atoms with Crippen molar-refractivity contribution in [1.29, 1.82) is 5.26 Å². The molecule has 0 amide bonds. The number of aromatic nitrogens is 3. The lowest BCUT2D eigenvalue weighted by atomic mass is 9.92. The van der Waals surface area contributed by atoms with E-state index in [4.69, 9.17) is 31.6 Å². The van der Waals surface area contributed by atoms with Gasteiger partial charge in [-0.1, -0.05) is 38.3 Å². The van der Waals surface area contributed by atoms with Crippen molar-refractivity contribution in [2.75, 3.05) is 6.61 Å². The summed E-state index contributed by atoms with van der Waals surface area (Å²) >= 11 is 0. The van der Waals surface area contributed by atoms with Crippen LogP contribution in [0.3, 0.4) is 0 Å². The van der Waals surface area contributed by atoms with Crippen molar-refractivity contribution in [3.63, 3.8) is 0 Å². The van der Waals surface area contributed by atoms with Crippen molar-refractivity contribution in [2.45, 2.75) is 130 Å². The Morgan fingerprint density at radius 3 is 2.57 bits per heavy atom. The zero-order chi connectivity index (χ0) is 25.8. The van der Waals surface area contributed by atoms with Crippen molar-refractivity contribution in [3.05, 3.63) is 11.9 Å². The fraction of sp³-hybridized carbons (Fsp3) is 0.875. The summed E-state index contributed by atoms with van der Waals surface area (Å²) in [6.07, 6.45) is 6.61. The molecule has 11 heteroatoms. The molecule has 9 nitrogen and oxygen atoms in total. The molecule has 0 spiro atoms. The highest BCUT2D eigenvalue weighted by Gasteiger charge is 2.46. The zero-order valence-electron chi connectivity index (χ0n) is 22.3. The summed E-state index contributed by atoms with van der Waals surface area (Å²) in [7, 11) is 4.89. The van der Waals surface area contributed by atoms with E-state index in [0.717, 1.165) is 25.1 Å². The minimum absolute atomic E-state index is 0.200. The Morgan fingerprint density at radius 2 is 1.94 bits per heavy atom. The van der Waals surface area contributed by atoms with Gasteiger partial charge in [0.2, 0.25) is 0 Å². The lowest BCUT2D eigenvalue weighted by Crippen LogP contribution is -2.40. The summed E-state index contributed by atoms with van der Waals surface area (Å²) in [6.45, 7) is 14.1. The highest BCUT2D eigenvalue weighted by atomic mass is 31.2. The monoisotopic (exact) mass is 507 g/mol. The molecule has 1 aromatic rings. The van der Waals surface area contributed by atoms with Gasteiger partial charge in [-0.05, 0) is 40.5 Å². The van der Waals surface area contributed by atoms with Gasteiger partial charge >= 0.3 is 0 Å². The Bertz CT molecular complexity index is 755. The van der Waals surface area contributed by atoms with Gasteiger partial charge in [-0.25, -0.2) is 4.67 Å². The van der Waals surface area contributed by atoms with Crippen molar-refractivity contribution in [1.82, 2.24) is 19.7 Å². The first-order valence-electron chi connectivity index (χ1n) is 13.0. The number of aryl methyl sites for hydroxylation is 1. The molecule has 0 bridgehead atoms. The molecule has 0 N–H and O–H groups in total. The molecule has 0 aliphatic carbocycles. The van der Waals surface area contributed by atoms with E-state index in [1.54, 1.807) is 0 Å². The SMILES string of the molecule is [B]C1OC(CC)C(OP(OCCC#N)N(C(C)C)C(C)C)C1OCc1cn(CCCCCC)nn1. The first-order valence-corrected chi connectivity index (χ1v) is 14.1. The van der Waals surface area contributed by atoms with Gasteiger partial charge in [-0.2, -0.15) is 5.26 Å². The maximum atomic E-state index is 8.98. The van der Waals surface area contributed by atoms with Crippen LogP contribution in [-0.2, 0) is 31.7 Å². The van der Waals surface area contributed by atoms with Gasteiger partial charge < -0.3 is 18.5 Å². The molecule has 1 aliphatic heterocycles. The minimum Gasteiger partial charge on any atom is -0.379 e. The molecule has 35 heavy (non-hydrogen) atoms. The van der Waals surface area contributed by atoms with E-state index in [9.17, 15) is 0 Å². The van der Waals surface area contributed by atoms with Gasteiger partial charge in [0.05, 0.1) is 38.0 Å². The maximum absolute atomic E-state index is 8.98. The molecule has 1 saturated heterocycles. The fourth-order valence-corrected chi connectivity index (χ4v) is 5.96. The third-order valence-corrected chi connectivity index (χ3v) is 8.00. The summed E-state index contributed by atoms with van der Waals surface area (Å²) in [4.78, 5) is 0. The predicted octanol–water partition coefficient (Wildman–Crippen LogP) is 4.71. The number of hydrogen-bond donors (Lipinski definition) is 0. The van der Waals surface area contributed by atoms with Gasteiger partial charge in [0.1, 0.15) is 25.7 Å². The normalized spacial score (nSPS) is 23.4. The molecule has 0 aromatic carbocycles. The Balaban J connectivity index is 2.08. The average molecular weight is 507 g/mol. The van der Waals surface area contributed by atoms with Crippen LogP contribution in [0.15, 0.2) is 6.20 Å². The lowest BCUT2D eigenvalue weighted by molar-refractivity contribution is -0.0271. The largest absolute Gasteiger partial charge is 0.379 e. The molecule has 1 fully saturated rings. The number of nitrogens with zero attached hydrogens (tertiary/aromatic N) is 5. The van der Waals surface area contributed by atoms with Gasteiger partial charge in [0, 0.05) is 24.6 Å². The van der Waals surface area contributed by atoms with Crippen LogP contribution in [0.5, 0.6) is 0 Å². The number of nitriles is 1. The second kappa shape index (κ2) is 15.9. The van der Waals surface area contributed by atoms with E-state index in [1.807, 2.05) is 17.8 Å². The molecule has 2 radical (unpaired) electrons. The third kappa shape index (κ3) is 9.38. The average Bonchev–Trinajstić information content (AvgIpc) is 3.38. The van der Waals surface area contributed by atoms with E-state index in [1.165, 1.54) is 19.3 Å². The van der Waals surface area contributed by atoms with Crippen LogP contribution in [0.2, 0.25) is 0 Å². The van der Waals surface area contributed by atoms with Crippen molar-refractivity contribution < 1.29 is 18.5 Å². The first-order chi connectivity index (χ1) is 16.8. The van der Waals surface area contributed by atoms with Gasteiger partial charge in [0.25, 0.3) is 8.53 Å². The van der Waals surface area contributed by atoms with Crippen molar-refractivity contribution in [2.24, 2.45) is 0 Å². The number of ether oxygens (including phenoxy) is 2. The van der Waals surface area contributed by atoms with Crippen LogP contribution in [0, 0.1) is 11.3 Å². The lowest BCUT2D eigenvalue weighted by Gasteiger charge is -2.38. The molecule has 0 saturated carbocycles. The van der Waals surface area contributed by atoms with Gasteiger partial charge in [-0.15, -0.1) is 5.10 Å². The molecule has 2 rings (SSSR count). The van der Waals surface area contributed by atoms with Crippen LogP contribution in [0.4, 0.5) is 0 Å². The van der Waals surface area contributed by atoms with Crippen LogP contribution in [0.1, 0.15) is 85.8 Å². The van der Waals surface area contributed by atoms with E-state index in [0.29, 0.717) is 13.0 Å². The zero-order valence-corrected chi connectivity index (χ0v) is 23.2. The summed E-state index contributed by atoms with van der Waals surface area (Å²) in [6, 6.07) is 1.92. The Hall–Kier alpha value is -1.08. The molecule has 1 aliphatic rings. The van der Waals surface area contributed by atoms with Gasteiger partial charge in [-0.3, -0.25) is 4.68 Å². The Labute approximate surface area is 214 Å². The molecule has 196 valence electrons. The van der Waals surface area contributed by atoms with E-state index in [2.05, 4.69) is 55.7 Å². The molecular weight excluding hydrogens is 464 g/mol. The second-order valence-corrected chi connectivity index (χ2v) is 10.9. The summed E-state index contributed by atoms with van der Waals surface area (Å²) in [5.41, 5.74) is 0.755. The Morgan fingerprint density at radius 1 is 1.20 bits per heavy atom. The van der Waals surface area contributed by atoms with E-state index < -0.39 is 26.7 Å². The Kier molecular flexibility index (Phi) is 13.7. The smallest absolute Gasteiger partial charge is 0.259 e. The van der Waals surface area contributed by atoms with Crippen LogP contribution in [-0.4, -0.2) is 70.5 Å². The van der Waals surface area contributed by atoms with Gasteiger partial charge in [0.15, 0.2) is 0 Å². The van der Waals surface area contributed by atoms with Crippen LogP contribution >= 0.6 is 8.53 Å². The molecule has 1 aromatic heterocycles. The third-order valence-electron chi connectivity index (χ3n) is 5.87. The molecule has 5 atom stereocenters. The van der Waals surface area contributed by atoms with E-state index in [-0.39, 0.29) is 24.8 Å². The standard InChI is InChI=1S/C24H43BN5O4P/c1-7-9-10-11-14-29-16-20(27-28-29)17-31-23-22(21(8-2)33-24(23)25)34-35(32-15-12-13-26)30(18(3)4)19(5)6/h16,18-19,21-24H,7-12,14-15,17H2,1-6H3. The predicted molar refractivity (Wildman–Crippen MR) is 138 cm³/mol. The van der Waals surface area contributed by atoms with Crippen LogP contribution < -0.4 is 0 Å². The molecular formula is C24H43BN5O4P. The highest BCUT2D eigenvalue weighted by Crippen LogP contribution is 2.49. The summed E-state index contributed by atoms with van der Waals surface area (Å²) in [5.74, 6) is 0. The second-order valence-electron chi connectivity index (χ2n) is 9.47. The topological polar surface area (TPSA) is 94.7 Å². The minimum atomic E-state index is -1.44. The summed E-state index contributed by atoms with van der Waals surface area (Å²) in [5, 5.41) is 17.5. The van der Waals surface area contributed by atoms with Crippen molar-refractivity contribution in [3.8, 4) is 6.07 Å². The maximum Gasteiger partial charge on any atom is 0.259 e. The van der Waals surface area contributed by atoms with Crippen molar-refractivity contribution >= 4 is 16.4 Å². The summed E-state index contributed by atoms with van der Waals surface area (Å²) < 4.78 is 29.0. The fourth-order valence-electron chi connectivity index (χ4n) is 4.20. The first kappa shape index (κ1) is 30.2. The quantitative estimate of drug-likeness (QED) is 0.170. The highest BCUT2D eigenvalue weighted by molar-refractivity contribution is 7.44. The number of hydrogen-bond acceptors (Lipinski definition) is 8. The number of unbranched alkanes of at least 4 members (excludes halogenated alkanes) is 3. The van der Waals surface area contributed by atoms with Crippen LogP contribution in [0.25, 0.3) is 0 Å². The van der Waals surface area contributed by atoms with E-state index >= 15 is 0 Å². The molecule has 5 unspecified atom stereocenters. The number of rotatable bonds is 17. The molecule has 2 heterocycles.